The molecule has 0 spiro atoms. The molecule has 8 heteroatoms. The highest BCUT2D eigenvalue weighted by molar-refractivity contribution is 7.89. The van der Waals surface area contributed by atoms with E-state index in [0.717, 1.165) is 46.4 Å². The molecule has 4 heterocycles. The number of nitrogens with one attached hydrogen (secondary N) is 1. The molecule has 7 nitrogen and oxygen atoms in total. The monoisotopic (exact) mass is 434 g/mol. The molecular formula is C23H22N4O3S. The number of ether oxygens (including phenoxy) is 1. The van der Waals surface area contributed by atoms with Crippen LogP contribution in [0.4, 0.5) is 0 Å². The average molecular weight is 435 g/mol. The van der Waals surface area contributed by atoms with Crippen LogP contribution in [0, 0.1) is 0 Å². The van der Waals surface area contributed by atoms with Crippen LogP contribution in [0.5, 0.6) is 5.75 Å². The van der Waals surface area contributed by atoms with E-state index in [1.54, 1.807) is 35.0 Å². The maximum Gasteiger partial charge on any atom is 0.243 e. The molecule has 0 unspecified atom stereocenters. The number of hydrogen-bond donors (Lipinski definition) is 1. The summed E-state index contributed by atoms with van der Waals surface area (Å²) in [4.78, 5) is 12.0. The minimum atomic E-state index is -3.42. The number of aromatic nitrogens is 3. The van der Waals surface area contributed by atoms with Gasteiger partial charge in [-0.15, -0.1) is 0 Å². The van der Waals surface area contributed by atoms with Crippen molar-refractivity contribution in [2.45, 2.75) is 24.3 Å². The average Bonchev–Trinajstić information content (AvgIpc) is 3.49. The van der Waals surface area contributed by atoms with E-state index in [1.165, 1.54) is 0 Å². The van der Waals surface area contributed by atoms with E-state index in [0.29, 0.717) is 24.6 Å². The molecule has 3 aromatic heterocycles. The molecular weight excluding hydrogens is 412 g/mol. The Labute approximate surface area is 180 Å². The number of fused-ring (bicyclic) bond motifs is 1. The van der Waals surface area contributed by atoms with Gasteiger partial charge >= 0.3 is 0 Å². The van der Waals surface area contributed by atoms with Crippen LogP contribution in [0.2, 0.25) is 0 Å². The van der Waals surface area contributed by atoms with Gasteiger partial charge in [-0.3, -0.25) is 4.98 Å². The van der Waals surface area contributed by atoms with Crippen LogP contribution in [0.1, 0.15) is 18.5 Å². The van der Waals surface area contributed by atoms with Crippen molar-refractivity contribution in [3.05, 3.63) is 72.8 Å². The van der Waals surface area contributed by atoms with Gasteiger partial charge in [-0.05, 0) is 60.4 Å². The molecule has 0 atom stereocenters. The van der Waals surface area contributed by atoms with Gasteiger partial charge in [0.15, 0.2) is 0 Å². The fraction of sp³-hybridized carbons (Fsp3) is 0.217. The predicted molar refractivity (Wildman–Crippen MR) is 118 cm³/mol. The number of pyridine rings is 2. The molecule has 158 valence electrons. The Kier molecular flexibility index (Phi) is 5.17. The Balaban J connectivity index is 1.41. The van der Waals surface area contributed by atoms with Crippen LogP contribution in [0.25, 0.3) is 22.2 Å². The summed E-state index contributed by atoms with van der Waals surface area (Å²) in [5.74, 6) is 0.747. The smallest absolute Gasteiger partial charge is 0.243 e. The number of sulfonamides is 1. The third-order valence-corrected chi connectivity index (χ3v) is 7.41. The molecule has 5 rings (SSSR count). The molecule has 0 aliphatic carbocycles. The first-order valence-electron chi connectivity index (χ1n) is 10.2. The largest absolute Gasteiger partial charge is 0.487 e. The van der Waals surface area contributed by atoms with E-state index in [-0.39, 0.29) is 0 Å². The van der Waals surface area contributed by atoms with Crippen molar-refractivity contribution in [1.82, 2.24) is 19.3 Å². The van der Waals surface area contributed by atoms with Gasteiger partial charge in [0, 0.05) is 37.1 Å². The standard InChI is InChI=1S/C23H22N4O3S/c28-31(29,27-13-1-2-14-27)20-5-3-17(4-6-20)21-9-12-25-23-22(21)15-18(26-23)16-30-19-7-10-24-11-8-19/h3-12,15H,1-2,13-14,16H2,(H,25,26). The first-order valence-corrected chi connectivity index (χ1v) is 11.7. The van der Waals surface area contributed by atoms with Crippen LogP contribution in [0.15, 0.2) is 72.0 Å². The Morgan fingerprint density at radius 1 is 0.968 bits per heavy atom. The van der Waals surface area contributed by atoms with Gasteiger partial charge in [-0.1, -0.05) is 12.1 Å². The molecule has 0 bridgehead atoms. The third-order valence-electron chi connectivity index (χ3n) is 5.50. The minimum absolute atomic E-state index is 0.337. The van der Waals surface area contributed by atoms with E-state index in [1.807, 2.05) is 36.4 Å². The SMILES string of the molecule is O=S(=O)(c1ccc(-c2ccnc3[nH]c(COc4ccncc4)cc23)cc1)N1CCCC1. The summed E-state index contributed by atoms with van der Waals surface area (Å²) in [7, 11) is -3.42. The van der Waals surface area contributed by atoms with Gasteiger partial charge in [-0.25, -0.2) is 13.4 Å². The normalized spacial score (nSPS) is 14.8. The predicted octanol–water partition coefficient (Wildman–Crippen LogP) is 3.99. The zero-order valence-electron chi connectivity index (χ0n) is 16.9. The summed E-state index contributed by atoms with van der Waals surface area (Å²) < 4.78 is 32.9. The van der Waals surface area contributed by atoms with Gasteiger partial charge in [0.05, 0.1) is 10.6 Å². The molecule has 0 amide bonds. The van der Waals surface area contributed by atoms with E-state index in [2.05, 4.69) is 15.0 Å². The molecule has 4 aromatic rings. The summed E-state index contributed by atoms with van der Waals surface area (Å²) >= 11 is 0. The second kappa shape index (κ2) is 8.13. The van der Waals surface area contributed by atoms with Crippen molar-refractivity contribution >= 4 is 21.1 Å². The molecule has 1 N–H and O–H groups in total. The van der Waals surface area contributed by atoms with Crippen molar-refractivity contribution in [2.24, 2.45) is 0 Å². The Bertz CT molecular complexity index is 1300. The van der Waals surface area contributed by atoms with Crippen molar-refractivity contribution in [3.63, 3.8) is 0 Å². The maximum atomic E-state index is 12.8. The zero-order valence-corrected chi connectivity index (χ0v) is 17.7. The van der Waals surface area contributed by atoms with E-state index < -0.39 is 10.0 Å². The number of rotatable bonds is 6. The second-order valence-electron chi connectivity index (χ2n) is 7.52. The lowest BCUT2D eigenvalue weighted by Gasteiger charge is -2.15. The van der Waals surface area contributed by atoms with Crippen LogP contribution < -0.4 is 4.74 Å². The Morgan fingerprint density at radius 2 is 1.71 bits per heavy atom. The highest BCUT2D eigenvalue weighted by Gasteiger charge is 2.27. The number of benzene rings is 1. The highest BCUT2D eigenvalue weighted by Crippen LogP contribution is 2.30. The highest BCUT2D eigenvalue weighted by atomic mass is 32.2. The maximum absolute atomic E-state index is 12.8. The van der Waals surface area contributed by atoms with Crippen LogP contribution in [0.3, 0.4) is 0 Å². The summed E-state index contributed by atoms with van der Waals surface area (Å²) in [6, 6.07) is 14.7. The van der Waals surface area contributed by atoms with Gasteiger partial charge in [0.25, 0.3) is 0 Å². The van der Waals surface area contributed by atoms with Crippen LogP contribution in [-0.4, -0.2) is 40.8 Å². The first-order chi connectivity index (χ1) is 15.1. The van der Waals surface area contributed by atoms with Crippen molar-refractivity contribution < 1.29 is 13.2 Å². The van der Waals surface area contributed by atoms with E-state index >= 15 is 0 Å². The molecule has 1 aliphatic rings. The Morgan fingerprint density at radius 3 is 2.45 bits per heavy atom. The number of hydrogen-bond acceptors (Lipinski definition) is 5. The molecule has 1 fully saturated rings. The lowest BCUT2D eigenvalue weighted by Crippen LogP contribution is -2.27. The zero-order chi connectivity index (χ0) is 21.3. The van der Waals surface area contributed by atoms with Crippen molar-refractivity contribution in [1.29, 1.82) is 0 Å². The summed E-state index contributed by atoms with van der Waals surface area (Å²) in [5, 5.41) is 0.964. The number of aromatic amines is 1. The van der Waals surface area contributed by atoms with Gasteiger partial charge < -0.3 is 9.72 Å². The summed E-state index contributed by atoms with van der Waals surface area (Å²) in [6.45, 7) is 1.58. The van der Waals surface area contributed by atoms with Gasteiger partial charge in [-0.2, -0.15) is 4.31 Å². The molecule has 1 aromatic carbocycles. The Hall–Kier alpha value is -3.23. The van der Waals surface area contributed by atoms with Gasteiger partial charge in [0.1, 0.15) is 18.0 Å². The molecule has 31 heavy (non-hydrogen) atoms. The lowest BCUT2D eigenvalue weighted by atomic mass is 10.0. The van der Waals surface area contributed by atoms with Crippen LogP contribution in [-0.2, 0) is 16.6 Å². The molecule has 1 saturated heterocycles. The van der Waals surface area contributed by atoms with Gasteiger partial charge in [0.2, 0.25) is 10.0 Å². The lowest BCUT2D eigenvalue weighted by molar-refractivity contribution is 0.302. The molecule has 1 aliphatic heterocycles. The summed E-state index contributed by atoms with van der Waals surface area (Å²) in [5.41, 5.74) is 3.59. The first kappa shape index (κ1) is 19.7. The van der Waals surface area contributed by atoms with Crippen molar-refractivity contribution in [3.8, 4) is 16.9 Å². The van der Waals surface area contributed by atoms with E-state index in [9.17, 15) is 8.42 Å². The number of H-pyrrole nitrogens is 1. The molecule has 0 radical (unpaired) electrons. The number of nitrogens with zero attached hydrogens (tertiary/aromatic N) is 3. The fourth-order valence-corrected chi connectivity index (χ4v) is 5.41. The van der Waals surface area contributed by atoms with Crippen LogP contribution >= 0.6 is 0 Å². The quantitative estimate of drug-likeness (QED) is 0.496. The minimum Gasteiger partial charge on any atom is -0.487 e. The fourth-order valence-electron chi connectivity index (χ4n) is 3.89. The summed E-state index contributed by atoms with van der Waals surface area (Å²) in [6.07, 6.45) is 6.97. The van der Waals surface area contributed by atoms with E-state index in [4.69, 9.17) is 4.74 Å². The van der Waals surface area contributed by atoms with Crippen molar-refractivity contribution in [2.75, 3.05) is 13.1 Å². The second-order valence-corrected chi connectivity index (χ2v) is 9.46. The molecule has 0 saturated carbocycles. The topological polar surface area (TPSA) is 88.2 Å². The third kappa shape index (κ3) is 3.92.